The second-order valence-corrected chi connectivity index (χ2v) is 16.0. The summed E-state index contributed by atoms with van der Waals surface area (Å²) in [7, 11) is 0. The summed E-state index contributed by atoms with van der Waals surface area (Å²) >= 11 is 14.1. The molecule has 2 aliphatic heterocycles. The van der Waals surface area contributed by atoms with Crippen LogP contribution in [0.1, 0.15) is 0 Å². The van der Waals surface area contributed by atoms with Gasteiger partial charge in [0.1, 0.15) is 0 Å². The molecule has 2 aliphatic rings. The van der Waals surface area contributed by atoms with E-state index in [0.29, 0.717) is 10.0 Å². The summed E-state index contributed by atoms with van der Waals surface area (Å²) in [6.45, 7) is -0.0960. The Morgan fingerprint density at radius 1 is 0.305 bits per heavy atom. The average molecular weight is 794 g/mol. The van der Waals surface area contributed by atoms with Gasteiger partial charge < -0.3 is 9.80 Å². The second kappa shape index (κ2) is 14.6. The van der Waals surface area contributed by atoms with Crippen LogP contribution in [0.3, 0.4) is 0 Å². The smallest absolute Gasteiger partial charge is 0.252 e. The van der Waals surface area contributed by atoms with Gasteiger partial charge in [0.05, 0.1) is 11.4 Å². The molecule has 11 rings (SSSR count). The van der Waals surface area contributed by atoms with Gasteiger partial charge >= 0.3 is 0 Å². The molecule has 2 heterocycles. The average Bonchev–Trinajstić information content (AvgIpc) is 3.29. The zero-order valence-corrected chi connectivity index (χ0v) is 33.4. The van der Waals surface area contributed by atoms with E-state index >= 15 is 0 Å². The van der Waals surface area contributed by atoms with Crippen molar-refractivity contribution in [2.75, 3.05) is 9.80 Å². The Balaban J connectivity index is 1.26. The molecule has 9 aromatic carbocycles. The van der Waals surface area contributed by atoms with Crippen LogP contribution in [-0.4, -0.2) is 6.71 Å². The van der Waals surface area contributed by atoms with E-state index in [1.54, 1.807) is 0 Å². The van der Waals surface area contributed by atoms with Gasteiger partial charge in [-0.1, -0.05) is 199 Å². The number of para-hydroxylation sites is 2. The van der Waals surface area contributed by atoms with Crippen molar-refractivity contribution in [1.82, 2.24) is 0 Å². The Kier molecular flexibility index (Phi) is 8.73. The highest BCUT2D eigenvalue weighted by Gasteiger charge is 2.44. The van der Waals surface area contributed by atoms with E-state index in [1.807, 2.05) is 12.1 Å². The number of rotatable bonds is 6. The lowest BCUT2D eigenvalue weighted by molar-refractivity contribution is 1.25. The number of hydrogen-bond donors (Lipinski definition) is 0. The molecule has 0 aromatic heterocycles. The Morgan fingerprint density at radius 2 is 0.627 bits per heavy atom. The molecule has 0 fully saturated rings. The molecule has 0 saturated carbocycles. The summed E-state index contributed by atoms with van der Waals surface area (Å²) in [5, 5.41) is 1.37. The van der Waals surface area contributed by atoms with Crippen molar-refractivity contribution in [1.29, 1.82) is 0 Å². The summed E-state index contributed by atoms with van der Waals surface area (Å²) in [6.07, 6.45) is 0. The highest BCUT2D eigenvalue weighted by atomic mass is 35.5. The maximum absolute atomic E-state index is 7.03. The minimum Gasteiger partial charge on any atom is -0.310 e. The van der Waals surface area contributed by atoms with E-state index in [0.717, 1.165) is 78.6 Å². The molecule has 0 unspecified atom stereocenters. The van der Waals surface area contributed by atoms with Crippen LogP contribution in [0.15, 0.2) is 212 Å². The number of benzene rings is 9. The first kappa shape index (κ1) is 35.4. The van der Waals surface area contributed by atoms with Crippen molar-refractivity contribution in [3.63, 3.8) is 0 Å². The zero-order chi connectivity index (χ0) is 39.5. The van der Waals surface area contributed by atoms with E-state index in [9.17, 15) is 0 Å². The van der Waals surface area contributed by atoms with Crippen LogP contribution in [-0.2, 0) is 0 Å². The van der Waals surface area contributed by atoms with Gasteiger partial charge in [-0.25, -0.2) is 0 Å². The molecule has 59 heavy (non-hydrogen) atoms. The molecular formula is C54H35BCl2N2. The van der Waals surface area contributed by atoms with Gasteiger partial charge in [0, 0.05) is 55.0 Å². The quantitative estimate of drug-likeness (QED) is 0.155. The molecule has 0 saturated heterocycles. The van der Waals surface area contributed by atoms with E-state index in [1.165, 1.54) is 16.4 Å². The summed E-state index contributed by atoms with van der Waals surface area (Å²) in [4.78, 5) is 4.95. The molecular weight excluding hydrogens is 758 g/mol. The Morgan fingerprint density at radius 3 is 0.966 bits per heavy atom. The highest BCUT2D eigenvalue weighted by molar-refractivity contribution is 7.00. The molecule has 0 atom stereocenters. The molecule has 0 spiro atoms. The third-order valence-electron chi connectivity index (χ3n) is 11.8. The van der Waals surface area contributed by atoms with Gasteiger partial charge in [-0.15, -0.1) is 0 Å². The summed E-state index contributed by atoms with van der Waals surface area (Å²) in [5.74, 6) is 0. The normalized spacial score (nSPS) is 12.5. The number of halogens is 2. The van der Waals surface area contributed by atoms with Crippen molar-refractivity contribution in [2.45, 2.75) is 0 Å². The van der Waals surface area contributed by atoms with Gasteiger partial charge in [-0.2, -0.15) is 0 Å². The van der Waals surface area contributed by atoms with Crippen molar-refractivity contribution in [2.24, 2.45) is 0 Å². The molecule has 0 bridgehead atoms. The Bertz CT molecular complexity index is 2710. The third-order valence-corrected chi connectivity index (χ3v) is 12.2. The molecule has 0 aliphatic carbocycles. The van der Waals surface area contributed by atoms with Crippen LogP contribution >= 0.6 is 23.2 Å². The maximum atomic E-state index is 7.03. The molecule has 2 nitrogen and oxygen atoms in total. The fourth-order valence-electron chi connectivity index (χ4n) is 9.33. The van der Waals surface area contributed by atoms with Crippen LogP contribution in [0.5, 0.6) is 0 Å². The van der Waals surface area contributed by atoms with Gasteiger partial charge in [0.15, 0.2) is 0 Å². The van der Waals surface area contributed by atoms with Gasteiger partial charge in [-0.05, 0) is 75.0 Å². The van der Waals surface area contributed by atoms with Gasteiger partial charge in [0.2, 0.25) is 0 Å². The lowest BCUT2D eigenvalue weighted by Crippen LogP contribution is -2.61. The third kappa shape index (κ3) is 5.89. The Hall–Kier alpha value is -6.78. The number of fused-ring (bicyclic) bond motifs is 4. The predicted octanol–water partition coefficient (Wildman–Crippen LogP) is 13.7. The summed E-state index contributed by atoms with van der Waals surface area (Å²) < 4.78 is 0. The van der Waals surface area contributed by atoms with Gasteiger partial charge in [-0.3, -0.25) is 0 Å². The molecule has 5 heteroatoms. The van der Waals surface area contributed by atoms with Gasteiger partial charge in [0.25, 0.3) is 6.71 Å². The van der Waals surface area contributed by atoms with E-state index < -0.39 is 0 Å². The number of anilines is 6. The second-order valence-electron chi connectivity index (χ2n) is 15.1. The number of nitrogens with zero attached hydrogens (tertiary/aromatic N) is 2. The van der Waals surface area contributed by atoms with Crippen molar-refractivity contribution < 1.29 is 0 Å². The van der Waals surface area contributed by atoms with Crippen LogP contribution in [0.25, 0.3) is 44.5 Å². The summed E-state index contributed by atoms with van der Waals surface area (Å²) in [6, 6.07) is 75.7. The van der Waals surface area contributed by atoms with Crippen molar-refractivity contribution >= 4 is 80.4 Å². The van der Waals surface area contributed by atoms with Crippen LogP contribution < -0.4 is 26.2 Å². The first-order valence-corrected chi connectivity index (χ1v) is 20.7. The van der Waals surface area contributed by atoms with Crippen LogP contribution in [0.4, 0.5) is 34.1 Å². The van der Waals surface area contributed by atoms with Crippen molar-refractivity contribution in [3.8, 4) is 44.5 Å². The highest BCUT2D eigenvalue weighted by Crippen LogP contribution is 2.52. The number of hydrogen-bond acceptors (Lipinski definition) is 2. The lowest BCUT2D eigenvalue weighted by atomic mass is 9.33. The van der Waals surface area contributed by atoms with Crippen LogP contribution in [0.2, 0.25) is 10.0 Å². The van der Waals surface area contributed by atoms with E-state index in [4.69, 9.17) is 23.2 Å². The topological polar surface area (TPSA) is 6.48 Å². The molecule has 0 amide bonds. The van der Waals surface area contributed by atoms with E-state index in [-0.39, 0.29) is 6.71 Å². The predicted molar refractivity (Wildman–Crippen MR) is 252 cm³/mol. The molecule has 0 radical (unpaired) electrons. The van der Waals surface area contributed by atoms with Crippen LogP contribution in [0, 0.1) is 0 Å². The molecule has 0 N–H and O–H groups in total. The summed E-state index contributed by atoms with van der Waals surface area (Å²) in [5.41, 5.74) is 19.2. The standard InChI is InChI=1S/C54H35BCl2N2/c56-40-30-32-46-50(34-40)58(53-42(36-16-5-1-6-17-36)24-13-25-43(53)37-18-7-2-8-19-37)48-28-15-29-49-52(48)55(46)47-33-31-41(57)35-51(47)59(49)54-44(38-20-9-3-10-21-38)26-14-27-45(54)39-22-11-4-12-23-39/h1-35H. The largest absolute Gasteiger partial charge is 0.310 e. The fraction of sp³-hybridized carbons (Fsp3) is 0. The first-order chi connectivity index (χ1) is 29.1. The maximum Gasteiger partial charge on any atom is 0.252 e. The lowest BCUT2D eigenvalue weighted by Gasteiger charge is -2.45. The minimum absolute atomic E-state index is 0.0960. The first-order valence-electron chi connectivity index (χ1n) is 19.9. The molecule has 278 valence electrons. The monoisotopic (exact) mass is 792 g/mol. The van der Waals surface area contributed by atoms with E-state index in [2.05, 4.69) is 210 Å². The SMILES string of the molecule is Clc1ccc2c(c1)N(c1c(-c3ccccc3)cccc1-c1ccccc1)c1cccc3c1B2c1ccc(Cl)cc1N3c1c(-c2ccccc2)cccc1-c1ccccc1. The fourth-order valence-corrected chi connectivity index (χ4v) is 9.66. The molecule has 9 aromatic rings. The Labute approximate surface area is 355 Å². The minimum atomic E-state index is -0.0960. The van der Waals surface area contributed by atoms with Crippen molar-refractivity contribution in [3.05, 3.63) is 222 Å². The zero-order valence-electron chi connectivity index (χ0n) is 31.9.